The van der Waals surface area contributed by atoms with Crippen LogP contribution in [0.5, 0.6) is 0 Å². The molecule has 1 amide bonds. The molecule has 0 unspecified atom stereocenters. The fourth-order valence-electron chi connectivity index (χ4n) is 3.72. The van der Waals surface area contributed by atoms with Gasteiger partial charge >= 0.3 is 5.97 Å². The summed E-state index contributed by atoms with van der Waals surface area (Å²) >= 11 is 6.09. The zero-order valence-electron chi connectivity index (χ0n) is 17.2. The summed E-state index contributed by atoms with van der Waals surface area (Å²) in [6.07, 6.45) is 1.82. The van der Waals surface area contributed by atoms with E-state index in [1.807, 2.05) is 29.0 Å². The number of fused-ring (bicyclic) bond motifs is 1. The molecular formula is C25H20ClFN2O3. The van der Waals surface area contributed by atoms with E-state index in [2.05, 4.69) is 5.32 Å². The molecular weight excluding hydrogens is 431 g/mol. The Balaban J connectivity index is 1.64. The molecule has 4 rings (SSSR count). The smallest absolute Gasteiger partial charge is 0.335 e. The number of rotatable bonds is 6. The van der Waals surface area contributed by atoms with E-state index in [9.17, 15) is 14.0 Å². The van der Waals surface area contributed by atoms with Crippen molar-refractivity contribution in [1.29, 1.82) is 0 Å². The van der Waals surface area contributed by atoms with Crippen molar-refractivity contribution in [1.82, 2.24) is 9.88 Å². The van der Waals surface area contributed by atoms with E-state index >= 15 is 0 Å². The normalized spacial score (nSPS) is 12.0. The number of hydrogen-bond donors (Lipinski definition) is 2. The van der Waals surface area contributed by atoms with Crippen LogP contribution in [0.3, 0.4) is 0 Å². The molecule has 0 spiro atoms. The van der Waals surface area contributed by atoms with E-state index in [4.69, 9.17) is 16.7 Å². The van der Waals surface area contributed by atoms with Gasteiger partial charge in [0.2, 0.25) is 0 Å². The Bertz CT molecular complexity index is 1310. The summed E-state index contributed by atoms with van der Waals surface area (Å²) in [7, 11) is 0. The van der Waals surface area contributed by atoms with Crippen LogP contribution in [0.1, 0.15) is 44.8 Å². The topological polar surface area (TPSA) is 71.3 Å². The molecule has 7 heteroatoms. The molecule has 4 aromatic rings. The molecule has 1 atom stereocenters. The summed E-state index contributed by atoms with van der Waals surface area (Å²) in [5.74, 6) is -1.94. The largest absolute Gasteiger partial charge is 0.478 e. The third-order valence-corrected chi connectivity index (χ3v) is 5.55. The minimum Gasteiger partial charge on any atom is -0.478 e. The molecule has 0 aliphatic carbocycles. The Labute approximate surface area is 189 Å². The number of halogens is 2. The Morgan fingerprint density at radius 1 is 1.09 bits per heavy atom. The SMILES string of the molecule is C[C@H](NC(=O)c1cc(F)cc2ccn(Cc3cccc(Cl)c3)c12)c1ccc(C(=O)O)cc1. The van der Waals surface area contributed by atoms with Crippen molar-refractivity contribution in [3.05, 3.63) is 106 Å². The second-order valence-corrected chi connectivity index (χ2v) is 8.02. The molecule has 3 aromatic carbocycles. The first-order valence-electron chi connectivity index (χ1n) is 9.99. The highest BCUT2D eigenvalue weighted by Crippen LogP contribution is 2.25. The van der Waals surface area contributed by atoms with E-state index in [1.165, 1.54) is 24.3 Å². The van der Waals surface area contributed by atoms with Crippen molar-refractivity contribution >= 4 is 34.4 Å². The van der Waals surface area contributed by atoms with Gasteiger partial charge in [-0.1, -0.05) is 35.9 Å². The summed E-state index contributed by atoms with van der Waals surface area (Å²) in [5.41, 5.74) is 2.71. The van der Waals surface area contributed by atoms with E-state index < -0.39 is 23.7 Å². The van der Waals surface area contributed by atoms with Gasteiger partial charge in [0.15, 0.2) is 0 Å². The summed E-state index contributed by atoms with van der Waals surface area (Å²) in [6.45, 7) is 2.26. The zero-order valence-corrected chi connectivity index (χ0v) is 17.9. The third-order valence-electron chi connectivity index (χ3n) is 5.32. The summed E-state index contributed by atoms with van der Waals surface area (Å²) in [5, 5.41) is 13.2. The van der Waals surface area contributed by atoms with Crippen LogP contribution >= 0.6 is 11.6 Å². The Morgan fingerprint density at radius 3 is 2.53 bits per heavy atom. The van der Waals surface area contributed by atoms with Gasteiger partial charge in [0.25, 0.3) is 5.91 Å². The van der Waals surface area contributed by atoms with Gasteiger partial charge in [-0.3, -0.25) is 4.79 Å². The summed E-state index contributed by atoms with van der Waals surface area (Å²) in [6, 6.07) is 17.7. The van der Waals surface area contributed by atoms with Gasteiger partial charge in [-0.25, -0.2) is 9.18 Å². The van der Waals surface area contributed by atoms with Crippen molar-refractivity contribution in [3.8, 4) is 0 Å². The lowest BCUT2D eigenvalue weighted by atomic mass is 10.0. The number of hydrogen-bond acceptors (Lipinski definition) is 2. The lowest BCUT2D eigenvalue weighted by Gasteiger charge is -2.16. The first-order chi connectivity index (χ1) is 15.3. The molecule has 0 radical (unpaired) electrons. The molecule has 0 saturated heterocycles. The van der Waals surface area contributed by atoms with Gasteiger partial charge in [-0.15, -0.1) is 0 Å². The number of carboxylic acid groups (broad SMARTS) is 1. The molecule has 0 aliphatic heterocycles. The second-order valence-electron chi connectivity index (χ2n) is 7.59. The van der Waals surface area contributed by atoms with E-state index in [-0.39, 0.29) is 11.1 Å². The third kappa shape index (κ3) is 4.50. The van der Waals surface area contributed by atoms with Crippen molar-refractivity contribution in [2.75, 3.05) is 0 Å². The highest BCUT2D eigenvalue weighted by molar-refractivity contribution is 6.30. The van der Waals surface area contributed by atoms with Crippen LogP contribution in [0.2, 0.25) is 5.02 Å². The maximum atomic E-state index is 14.3. The number of carboxylic acids is 1. The Morgan fingerprint density at radius 2 is 1.84 bits per heavy atom. The maximum absolute atomic E-state index is 14.3. The van der Waals surface area contributed by atoms with Gasteiger partial charge < -0.3 is 15.0 Å². The molecule has 1 heterocycles. The van der Waals surface area contributed by atoms with E-state index in [0.29, 0.717) is 22.5 Å². The molecule has 1 aromatic heterocycles. The predicted octanol–water partition coefficient (Wildman–Crippen LogP) is 5.67. The molecule has 0 aliphatic rings. The zero-order chi connectivity index (χ0) is 22.8. The molecule has 32 heavy (non-hydrogen) atoms. The summed E-state index contributed by atoms with van der Waals surface area (Å²) < 4.78 is 16.2. The summed E-state index contributed by atoms with van der Waals surface area (Å²) in [4.78, 5) is 24.2. The minimum absolute atomic E-state index is 0.165. The van der Waals surface area contributed by atoms with Crippen molar-refractivity contribution < 1.29 is 19.1 Å². The molecule has 2 N–H and O–H groups in total. The van der Waals surface area contributed by atoms with Crippen LogP contribution in [-0.2, 0) is 6.54 Å². The predicted molar refractivity (Wildman–Crippen MR) is 122 cm³/mol. The maximum Gasteiger partial charge on any atom is 0.335 e. The highest BCUT2D eigenvalue weighted by Gasteiger charge is 2.18. The van der Waals surface area contributed by atoms with Crippen LogP contribution in [0, 0.1) is 5.82 Å². The van der Waals surface area contributed by atoms with Crippen LogP contribution in [0.15, 0.2) is 72.9 Å². The van der Waals surface area contributed by atoms with Gasteiger partial charge in [-0.05, 0) is 60.5 Å². The van der Waals surface area contributed by atoms with Gasteiger partial charge in [-0.2, -0.15) is 0 Å². The molecule has 5 nitrogen and oxygen atoms in total. The standard InChI is InChI=1S/C25H20ClFN2O3/c1-15(17-5-7-18(8-6-17)25(31)32)28-24(30)22-13-21(27)12-19-9-10-29(23(19)22)14-16-3-2-4-20(26)11-16/h2-13,15H,14H2,1H3,(H,28,30)(H,31,32)/t15-/m0/s1. The number of nitrogens with one attached hydrogen (secondary N) is 1. The van der Waals surface area contributed by atoms with Crippen LogP contribution < -0.4 is 5.32 Å². The first kappa shape index (κ1) is 21.6. The van der Waals surface area contributed by atoms with Crippen molar-refractivity contribution in [2.24, 2.45) is 0 Å². The van der Waals surface area contributed by atoms with Crippen LogP contribution in [-0.4, -0.2) is 21.6 Å². The molecule has 0 bridgehead atoms. The van der Waals surface area contributed by atoms with Crippen molar-refractivity contribution in [2.45, 2.75) is 19.5 Å². The number of nitrogens with zero attached hydrogens (tertiary/aromatic N) is 1. The molecule has 0 saturated carbocycles. The van der Waals surface area contributed by atoms with Crippen LogP contribution in [0.25, 0.3) is 10.9 Å². The second kappa shape index (κ2) is 8.85. The number of aromatic carboxylic acids is 1. The fraction of sp³-hybridized carbons (Fsp3) is 0.120. The van der Waals surface area contributed by atoms with E-state index in [0.717, 1.165) is 11.1 Å². The Hall–Kier alpha value is -3.64. The number of benzene rings is 3. The first-order valence-corrected chi connectivity index (χ1v) is 10.4. The average molecular weight is 451 g/mol. The number of amides is 1. The molecule has 162 valence electrons. The lowest BCUT2D eigenvalue weighted by Crippen LogP contribution is -2.27. The quantitative estimate of drug-likeness (QED) is 0.397. The molecule has 0 fully saturated rings. The minimum atomic E-state index is -1.02. The average Bonchev–Trinajstić information content (AvgIpc) is 3.15. The highest BCUT2D eigenvalue weighted by atomic mass is 35.5. The lowest BCUT2D eigenvalue weighted by molar-refractivity contribution is 0.0696. The number of aromatic nitrogens is 1. The van der Waals surface area contributed by atoms with Crippen LogP contribution in [0.4, 0.5) is 4.39 Å². The van der Waals surface area contributed by atoms with Gasteiger partial charge in [0.05, 0.1) is 22.7 Å². The van der Waals surface area contributed by atoms with Gasteiger partial charge in [0.1, 0.15) is 5.82 Å². The Kier molecular flexibility index (Phi) is 5.97. The van der Waals surface area contributed by atoms with E-state index in [1.54, 1.807) is 31.2 Å². The fourth-order valence-corrected chi connectivity index (χ4v) is 3.93. The number of carbonyl (C=O) groups is 2. The number of carbonyl (C=O) groups excluding carboxylic acids is 1. The monoisotopic (exact) mass is 450 g/mol. The van der Waals surface area contributed by atoms with Gasteiger partial charge in [0, 0.05) is 23.2 Å². The van der Waals surface area contributed by atoms with Crippen molar-refractivity contribution in [3.63, 3.8) is 0 Å².